The Kier molecular flexibility index (Phi) is 5.85. The zero-order valence-corrected chi connectivity index (χ0v) is 19.8. The molecule has 0 spiro atoms. The van der Waals surface area contributed by atoms with Crippen LogP contribution in [0.1, 0.15) is 50.7 Å². The van der Waals surface area contributed by atoms with Crippen LogP contribution in [-0.4, -0.2) is 25.6 Å². The summed E-state index contributed by atoms with van der Waals surface area (Å²) in [7, 11) is 3.64. The Morgan fingerprint density at radius 1 is 1.12 bits per heavy atom. The predicted molar refractivity (Wildman–Crippen MR) is 129 cm³/mol. The number of benzene rings is 2. The number of nitrogens with zero attached hydrogens (tertiary/aromatic N) is 1. The molecule has 0 N–H and O–H groups in total. The van der Waals surface area contributed by atoms with Crippen LogP contribution in [0.4, 0.5) is 10.1 Å². The molecule has 0 saturated heterocycles. The number of allylic oxidation sites excluding steroid dienone is 3. The second-order valence-electron chi connectivity index (χ2n) is 9.70. The zero-order chi connectivity index (χ0) is 23.1. The first kappa shape index (κ1) is 22.5. The molecule has 1 aliphatic heterocycles. The van der Waals surface area contributed by atoms with Gasteiger partial charge < -0.3 is 4.74 Å². The Balaban J connectivity index is 1.64. The van der Waals surface area contributed by atoms with Gasteiger partial charge in [0.25, 0.3) is 0 Å². The molecule has 1 unspecified atom stereocenters. The summed E-state index contributed by atoms with van der Waals surface area (Å²) < 4.78 is 20.7. The smallest absolute Gasteiger partial charge is 0.349 e. The van der Waals surface area contributed by atoms with Gasteiger partial charge in [0.2, 0.25) is 0 Å². The van der Waals surface area contributed by atoms with Gasteiger partial charge in [-0.15, -0.1) is 0 Å². The highest BCUT2D eigenvalue weighted by Crippen LogP contribution is 2.41. The number of halogens is 1. The van der Waals surface area contributed by atoms with Gasteiger partial charge in [0.1, 0.15) is 22.9 Å². The molecule has 2 aromatic carbocycles. The summed E-state index contributed by atoms with van der Waals surface area (Å²) >= 11 is 0. The van der Waals surface area contributed by atoms with Crippen LogP contribution < -0.4 is 9.22 Å². The predicted octanol–water partition coefficient (Wildman–Crippen LogP) is 6.82. The average Bonchev–Trinajstić information content (AvgIpc) is 2.80. The largest absolute Gasteiger partial charge is 0.487 e. The number of amides is 1. The quantitative estimate of drug-likeness (QED) is 0.493. The molecule has 0 fully saturated rings. The monoisotopic (exact) mass is 434 g/mol. The van der Waals surface area contributed by atoms with Crippen LogP contribution in [0.25, 0.3) is 11.1 Å². The van der Waals surface area contributed by atoms with Gasteiger partial charge in [-0.3, -0.25) is 0 Å². The third-order valence-electron chi connectivity index (χ3n) is 7.21. The van der Waals surface area contributed by atoms with Crippen LogP contribution in [-0.2, 0) is 11.2 Å². The second-order valence-corrected chi connectivity index (χ2v) is 9.70. The van der Waals surface area contributed by atoms with E-state index >= 15 is 0 Å². The fraction of sp³-hybridized carbons (Fsp3) is 0.393. The topological polar surface area (TPSA) is 26.3 Å². The molecule has 1 aliphatic carbocycles. The Labute approximate surface area is 190 Å². The minimum atomic E-state index is -0.409. The van der Waals surface area contributed by atoms with Crippen molar-refractivity contribution in [3.63, 3.8) is 0 Å². The number of hydrogen-bond donors (Lipinski definition) is 0. The van der Waals surface area contributed by atoms with Crippen molar-refractivity contribution in [2.24, 2.45) is 0 Å². The van der Waals surface area contributed by atoms with Crippen LogP contribution in [0, 0.1) is 6.92 Å². The maximum absolute atomic E-state index is 14.2. The van der Waals surface area contributed by atoms with Gasteiger partial charge in [0.15, 0.2) is 0 Å². The van der Waals surface area contributed by atoms with Crippen LogP contribution in [0.2, 0.25) is 0 Å². The van der Waals surface area contributed by atoms with Crippen molar-refractivity contribution in [2.45, 2.75) is 58.5 Å². The van der Waals surface area contributed by atoms with Crippen molar-refractivity contribution >= 4 is 11.6 Å². The van der Waals surface area contributed by atoms with E-state index in [-0.39, 0.29) is 21.6 Å². The maximum atomic E-state index is 14.2. The van der Waals surface area contributed by atoms with Crippen LogP contribution in [0.15, 0.2) is 60.0 Å². The van der Waals surface area contributed by atoms with E-state index in [1.165, 1.54) is 11.6 Å². The first-order valence-electron chi connectivity index (χ1n) is 11.5. The van der Waals surface area contributed by atoms with Gasteiger partial charge in [-0.1, -0.05) is 25.1 Å². The van der Waals surface area contributed by atoms with Gasteiger partial charge >= 0.3 is 5.91 Å². The lowest BCUT2D eigenvalue weighted by Crippen LogP contribution is -2.47. The highest BCUT2D eigenvalue weighted by Gasteiger charge is 2.35. The van der Waals surface area contributed by atoms with Gasteiger partial charge in [-0.05, 0) is 86.4 Å². The number of rotatable bonds is 4. The zero-order valence-electron chi connectivity index (χ0n) is 19.8. The van der Waals surface area contributed by atoms with Gasteiger partial charge in [0, 0.05) is 12.1 Å². The van der Waals surface area contributed by atoms with E-state index in [4.69, 9.17) is 4.74 Å². The van der Waals surface area contributed by atoms with Crippen molar-refractivity contribution in [3.05, 3.63) is 71.1 Å². The van der Waals surface area contributed by atoms with E-state index in [2.05, 4.69) is 32.9 Å². The first-order valence-corrected chi connectivity index (χ1v) is 11.5. The SMILES string of the molecule is CCC1(C)CCc2ccc(-c3ccc([N+](C)(C)C(=O)C4=C(F)C=CCC4)cc3)c(C)c2O1. The lowest BCUT2D eigenvalue weighted by molar-refractivity contribution is -0.124. The molecule has 0 radical (unpaired) electrons. The Morgan fingerprint density at radius 3 is 2.50 bits per heavy atom. The number of ether oxygens (including phenoxy) is 1. The number of aryl methyl sites for hydroxylation is 1. The molecular weight excluding hydrogens is 401 g/mol. The summed E-state index contributed by atoms with van der Waals surface area (Å²) in [5.41, 5.74) is 5.65. The van der Waals surface area contributed by atoms with E-state index in [1.54, 1.807) is 6.08 Å². The van der Waals surface area contributed by atoms with E-state index in [1.807, 2.05) is 38.4 Å². The molecule has 3 nitrogen and oxygen atoms in total. The molecule has 4 heteroatoms. The van der Waals surface area contributed by atoms with E-state index in [0.29, 0.717) is 12.8 Å². The Hall–Kier alpha value is -2.72. The summed E-state index contributed by atoms with van der Waals surface area (Å²) in [6, 6.07) is 12.4. The third-order valence-corrected chi connectivity index (χ3v) is 7.21. The lowest BCUT2D eigenvalue weighted by Gasteiger charge is -2.36. The summed E-state index contributed by atoms with van der Waals surface area (Å²) in [6.45, 7) is 6.49. The number of quaternary nitrogens is 1. The third kappa shape index (κ3) is 3.93. The molecule has 1 atom stereocenters. The minimum Gasteiger partial charge on any atom is -0.487 e. The molecule has 2 aliphatic rings. The summed E-state index contributed by atoms with van der Waals surface area (Å²) in [5.74, 6) is 0.408. The normalized spacial score (nSPS) is 20.7. The van der Waals surface area contributed by atoms with Crippen molar-refractivity contribution in [3.8, 4) is 16.9 Å². The molecule has 1 amide bonds. The van der Waals surface area contributed by atoms with Crippen LogP contribution in [0.5, 0.6) is 5.75 Å². The van der Waals surface area contributed by atoms with Crippen molar-refractivity contribution in [1.29, 1.82) is 0 Å². The van der Waals surface area contributed by atoms with Crippen LogP contribution >= 0.6 is 0 Å². The molecule has 0 saturated carbocycles. The molecular formula is C28H33FNO2+. The Morgan fingerprint density at radius 2 is 1.84 bits per heavy atom. The van der Waals surface area contributed by atoms with Gasteiger partial charge in [-0.25, -0.2) is 13.7 Å². The van der Waals surface area contributed by atoms with Crippen LogP contribution in [0.3, 0.4) is 0 Å². The van der Waals surface area contributed by atoms with Gasteiger partial charge in [-0.2, -0.15) is 0 Å². The Bertz CT molecular complexity index is 1110. The maximum Gasteiger partial charge on any atom is 0.349 e. The number of hydrogen-bond acceptors (Lipinski definition) is 2. The molecule has 1 heterocycles. The van der Waals surface area contributed by atoms with Crippen molar-refractivity contribution in [1.82, 2.24) is 4.48 Å². The van der Waals surface area contributed by atoms with Gasteiger partial charge in [0.05, 0.1) is 19.7 Å². The van der Waals surface area contributed by atoms with Crippen molar-refractivity contribution < 1.29 is 13.9 Å². The molecule has 0 aromatic heterocycles. The second kappa shape index (κ2) is 8.32. The van der Waals surface area contributed by atoms with Crippen molar-refractivity contribution in [2.75, 3.05) is 14.1 Å². The highest BCUT2D eigenvalue weighted by atomic mass is 19.1. The summed E-state index contributed by atoms with van der Waals surface area (Å²) in [6.07, 6.45) is 7.39. The number of carbonyl (C=O) groups excluding carboxylic acids is 1. The highest BCUT2D eigenvalue weighted by molar-refractivity contribution is 6.02. The lowest BCUT2D eigenvalue weighted by atomic mass is 9.87. The minimum absolute atomic E-state index is 0.0159. The fourth-order valence-corrected chi connectivity index (χ4v) is 4.66. The number of fused-ring (bicyclic) bond motifs is 1. The van der Waals surface area contributed by atoms with E-state index in [9.17, 15) is 9.18 Å². The molecule has 32 heavy (non-hydrogen) atoms. The number of carbonyl (C=O) groups is 1. The molecule has 2 aromatic rings. The molecule has 168 valence electrons. The molecule has 0 bridgehead atoms. The first-order chi connectivity index (χ1) is 15.2. The standard InChI is InChI=1S/C28H33FNO2/c1-6-28(3)18-17-21-13-16-23(19(2)26(21)32-28)20-11-14-22(15-12-20)30(4,5)27(31)24-9-7-8-10-25(24)29/h8,10-16H,6-7,9,17-18H2,1-5H3/q+1. The molecule has 4 rings (SSSR count). The van der Waals surface area contributed by atoms with E-state index in [0.717, 1.165) is 47.4 Å². The number of likely N-dealkylation sites (N-methyl/N-ethyl adjacent to an activating group) is 1. The average molecular weight is 435 g/mol. The summed E-state index contributed by atoms with van der Waals surface area (Å²) in [4.78, 5) is 13.1. The van der Waals surface area contributed by atoms with E-state index < -0.39 is 5.83 Å². The summed E-state index contributed by atoms with van der Waals surface area (Å²) in [5, 5.41) is 0. The fourth-order valence-electron chi connectivity index (χ4n) is 4.66.